The number of hydrogen-bond acceptors (Lipinski definition) is 3. The highest BCUT2D eigenvalue weighted by molar-refractivity contribution is 6.36. The number of aromatic hydroxyl groups is 2. The Morgan fingerprint density at radius 2 is 1.87 bits per heavy atom. The minimum Gasteiger partial charge on any atom is -0.508 e. The second-order valence-electron chi connectivity index (χ2n) is 6.07. The van der Waals surface area contributed by atoms with Crippen molar-refractivity contribution >= 4 is 28.9 Å². The summed E-state index contributed by atoms with van der Waals surface area (Å²) in [5.74, 6) is 0.614. The molecule has 0 bridgehead atoms. The van der Waals surface area contributed by atoms with Gasteiger partial charge < -0.3 is 15.5 Å². The zero-order chi connectivity index (χ0) is 16.1. The Morgan fingerprint density at radius 3 is 2.65 bits per heavy atom. The Labute approximate surface area is 144 Å². The molecular weight excluding hydrogens is 333 g/mol. The molecule has 4 rings (SSSR count). The molecule has 23 heavy (non-hydrogen) atoms. The third-order valence-electron chi connectivity index (χ3n) is 4.73. The van der Waals surface area contributed by atoms with Crippen molar-refractivity contribution in [3.63, 3.8) is 0 Å². The predicted octanol–water partition coefficient (Wildman–Crippen LogP) is 5.23. The Morgan fingerprint density at radius 1 is 1.04 bits per heavy atom. The molecule has 5 heteroatoms. The Hall–Kier alpha value is -1.84. The van der Waals surface area contributed by atoms with Crippen LogP contribution in [0.15, 0.2) is 42.5 Å². The molecule has 3 nitrogen and oxygen atoms in total. The van der Waals surface area contributed by atoms with Crippen LogP contribution in [-0.2, 0) is 0 Å². The fraction of sp³-hybridized carbons (Fsp3) is 0.222. The Balaban J connectivity index is 1.84. The topological polar surface area (TPSA) is 52.5 Å². The van der Waals surface area contributed by atoms with Crippen LogP contribution in [0.5, 0.6) is 11.5 Å². The van der Waals surface area contributed by atoms with Gasteiger partial charge in [0, 0.05) is 22.6 Å². The monoisotopic (exact) mass is 347 g/mol. The van der Waals surface area contributed by atoms with Gasteiger partial charge in [-0.15, -0.1) is 0 Å². The molecule has 0 saturated carbocycles. The summed E-state index contributed by atoms with van der Waals surface area (Å²) < 4.78 is 0. The number of halogens is 2. The first-order chi connectivity index (χ1) is 11.0. The van der Waals surface area contributed by atoms with E-state index < -0.39 is 0 Å². The van der Waals surface area contributed by atoms with Gasteiger partial charge in [-0.25, -0.2) is 0 Å². The van der Waals surface area contributed by atoms with Crippen LogP contribution in [0.2, 0.25) is 10.0 Å². The Bertz CT molecular complexity index is 819. The summed E-state index contributed by atoms with van der Waals surface area (Å²) in [6, 6.07) is 8.31. The largest absolute Gasteiger partial charge is 0.508 e. The molecule has 3 N–H and O–H groups in total. The van der Waals surface area contributed by atoms with E-state index in [1.54, 1.807) is 18.2 Å². The van der Waals surface area contributed by atoms with Gasteiger partial charge in [0.05, 0.1) is 16.8 Å². The standard InChI is InChI=1S/C18H15Cl2NO2/c19-9-6-14-11-2-1-3-12(11)17(21-18(14)15(20)7-9)13-5-4-10(22)8-16(13)23/h1-2,4-8,11-12,17,21-23H,3H2. The fourth-order valence-electron chi connectivity index (χ4n) is 3.72. The first-order valence-corrected chi connectivity index (χ1v) is 8.24. The first kappa shape index (κ1) is 14.7. The van der Waals surface area contributed by atoms with Crippen LogP contribution >= 0.6 is 23.2 Å². The van der Waals surface area contributed by atoms with Crippen LogP contribution in [0.3, 0.4) is 0 Å². The van der Waals surface area contributed by atoms with Crippen molar-refractivity contribution in [1.29, 1.82) is 0 Å². The molecule has 0 spiro atoms. The van der Waals surface area contributed by atoms with E-state index in [4.69, 9.17) is 23.2 Å². The molecule has 1 aliphatic heterocycles. The zero-order valence-electron chi connectivity index (χ0n) is 12.1. The van der Waals surface area contributed by atoms with E-state index in [1.807, 2.05) is 6.07 Å². The van der Waals surface area contributed by atoms with Gasteiger partial charge in [0.15, 0.2) is 0 Å². The number of fused-ring (bicyclic) bond motifs is 3. The van der Waals surface area contributed by atoms with Gasteiger partial charge in [0.25, 0.3) is 0 Å². The number of anilines is 1. The molecule has 3 atom stereocenters. The lowest BCUT2D eigenvalue weighted by Crippen LogP contribution is -2.29. The second kappa shape index (κ2) is 5.36. The molecule has 2 aliphatic rings. The van der Waals surface area contributed by atoms with Gasteiger partial charge in [-0.3, -0.25) is 0 Å². The summed E-state index contributed by atoms with van der Waals surface area (Å²) in [4.78, 5) is 0. The van der Waals surface area contributed by atoms with Gasteiger partial charge >= 0.3 is 0 Å². The van der Waals surface area contributed by atoms with Gasteiger partial charge in [0.1, 0.15) is 11.5 Å². The number of hydrogen-bond donors (Lipinski definition) is 3. The number of nitrogens with one attached hydrogen (secondary N) is 1. The molecule has 0 radical (unpaired) electrons. The van der Waals surface area contributed by atoms with E-state index in [0.29, 0.717) is 10.0 Å². The van der Waals surface area contributed by atoms with Crippen molar-refractivity contribution in [2.24, 2.45) is 5.92 Å². The SMILES string of the molecule is Oc1ccc(C2Nc3c(Cl)cc(Cl)cc3C3C=CCC32)c(O)c1. The maximum atomic E-state index is 10.3. The van der Waals surface area contributed by atoms with Crippen LogP contribution in [0, 0.1) is 5.92 Å². The quantitative estimate of drug-likeness (QED) is 0.619. The van der Waals surface area contributed by atoms with Crippen LogP contribution in [0.1, 0.15) is 29.5 Å². The lowest BCUT2D eigenvalue weighted by Gasteiger charge is -2.38. The number of rotatable bonds is 1. The number of phenols is 2. The van der Waals surface area contributed by atoms with E-state index in [2.05, 4.69) is 17.5 Å². The van der Waals surface area contributed by atoms with Crippen LogP contribution < -0.4 is 5.32 Å². The molecular formula is C18H15Cl2NO2. The summed E-state index contributed by atoms with van der Waals surface area (Å²) in [5.41, 5.74) is 2.72. The maximum absolute atomic E-state index is 10.3. The zero-order valence-corrected chi connectivity index (χ0v) is 13.6. The van der Waals surface area contributed by atoms with E-state index in [9.17, 15) is 10.2 Å². The van der Waals surface area contributed by atoms with E-state index in [1.165, 1.54) is 6.07 Å². The molecule has 3 unspecified atom stereocenters. The van der Waals surface area contributed by atoms with Crippen molar-refractivity contribution in [3.05, 3.63) is 63.7 Å². The highest BCUT2D eigenvalue weighted by Gasteiger charge is 2.39. The van der Waals surface area contributed by atoms with Gasteiger partial charge in [-0.2, -0.15) is 0 Å². The molecule has 0 fully saturated rings. The summed E-state index contributed by atoms with van der Waals surface area (Å²) in [5, 5.41) is 24.4. The average molecular weight is 348 g/mol. The van der Waals surface area contributed by atoms with E-state index >= 15 is 0 Å². The summed E-state index contributed by atoms with van der Waals surface area (Å²) in [6.45, 7) is 0. The molecule has 0 saturated heterocycles. The van der Waals surface area contributed by atoms with Crippen LogP contribution in [-0.4, -0.2) is 10.2 Å². The van der Waals surface area contributed by atoms with E-state index in [0.717, 1.165) is 23.2 Å². The molecule has 118 valence electrons. The summed E-state index contributed by atoms with van der Waals surface area (Å²) >= 11 is 12.5. The lowest BCUT2D eigenvalue weighted by molar-refractivity contribution is 0.398. The van der Waals surface area contributed by atoms with Gasteiger partial charge in [-0.1, -0.05) is 35.4 Å². The highest BCUT2D eigenvalue weighted by atomic mass is 35.5. The molecule has 1 heterocycles. The number of allylic oxidation sites excluding steroid dienone is 2. The Kier molecular flexibility index (Phi) is 3.43. The van der Waals surface area contributed by atoms with Crippen molar-refractivity contribution in [3.8, 4) is 11.5 Å². The fourth-order valence-corrected chi connectivity index (χ4v) is 4.29. The average Bonchev–Trinajstić information content (AvgIpc) is 2.97. The predicted molar refractivity (Wildman–Crippen MR) is 92.6 cm³/mol. The molecule has 0 aromatic heterocycles. The van der Waals surface area contributed by atoms with Crippen molar-refractivity contribution in [2.45, 2.75) is 18.4 Å². The maximum Gasteiger partial charge on any atom is 0.124 e. The molecule has 1 aliphatic carbocycles. The molecule has 0 amide bonds. The first-order valence-electron chi connectivity index (χ1n) is 7.48. The lowest BCUT2D eigenvalue weighted by atomic mass is 9.77. The minimum absolute atomic E-state index is 0.0494. The van der Waals surface area contributed by atoms with Gasteiger partial charge in [0.2, 0.25) is 0 Å². The number of benzene rings is 2. The molecule has 2 aromatic carbocycles. The van der Waals surface area contributed by atoms with E-state index in [-0.39, 0.29) is 29.4 Å². The second-order valence-corrected chi connectivity index (χ2v) is 6.91. The normalized spacial score (nSPS) is 24.9. The van der Waals surface area contributed by atoms with Crippen molar-refractivity contribution in [2.75, 3.05) is 5.32 Å². The van der Waals surface area contributed by atoms with Crippen molar-refractivity contribution < 1.29 is 10.2 Å². The third-order valence-corrected chi connectivity index (χ3v) is 5.25. The summed E-state index contributed by atoms with van der Waals surface area (Å²) in [6.07, 6.45) is 5.25. The summed E-state index contributed by atoms with van der Waals surface area (Å²) in [7, 11) is 0. The van der Waals surface area contributed by atoms with Crippen molar-refractivity contribution in [1.82, 2.24) is 0 Å². The van der Waals surface area contributed by atoms with Crippen LogP contribution in [0.25, 0.3) is 0 Å². The molecule has 2 aromatic rings. The van der Waals surface area contributed by atoms with Gasteiger partial charge in [-0.05, 0) is 42.2 Å². The minimum atomic E-state index is -0.0817. The van der Waals surface area contributed by atoms with Crippen LogP contribution in [0.4, 0.5) is 5.69 Å². The third kappa shape index (κ3) is 2.35. The smallest absolute Gasteiger partial charge is 0.124 e. The highest BCUT2D eigenvalue weighted by Crippen LogP contribution is 2.53. The number of phenolic OH excluding ortho intramolecular Hbond substituents is 2.